The molecule has 0 saturated carbocycles. The van der Waals surface area contributed by atoms with E-state index in [2.05, 4.69) is 0 Å². The standard InChI is InChI=1S/C23H23ClFNO4/c1-13-16(11-21(27)30-23(2,3)4)17-10-20(29-5)18(25)12-19(17)26(13)22(28)14-6-8-15(24)9-7-14/h6-10,12H,11H2,1-5H3. The van der Waals surface area contributed by atoms with Crippen LogP contribution < -0.4 is 4.74 Å². The quantitative estimate of drug-likeness (QED) is 0.524. The van der Waals surface area contributed by atoms with E-state index in [0.29, 0.717) is 32.7 Å². The maximum Gasteiger partial charge on any atom is 0.310 e. The van der Waals surface area contributed by atoms with Gasteiger partial charge in [0, 0.05) is 27.7 Å². The highest BCUT2D eigenvalue weighted by molar-refractivity contribution is 6.30. The third kappa shape index (κ3) is 4.33. The summed E-state index contributed by atoms with van der Waals surface area (Å²) in [5.74, 6) is -1.36. The molecule has 0 N–H and O–H groups in total. The molecule has 7 heteroatoms. The lowest BCUT2D eigenvalue weighted by Gasteiger charge is -2.19. The summed E-state index contributed by atoms with van der Waals surface area (Å²) in [6.07, 6.45) is -0.0602. The van der Waals surface area contributed by atoms with Gasteiger partial charge in [0.1, 0.15) is 5.60 Å². The average molecular weight is 432 g/mol. The van der Waals surface area contributed by atoms with Gasteiger partial charge in [0.05, 0.1) is 19.0 Å². The fourth-order valence-corrected chi connectivity index (χ4v) is 3.49. The van der Waals surface area contributed by atoms with E-state index in [1.807, 2.05) is 0 Å². The highest BCUT2D eigenvalue weighted by atomic mass is 35.5. The molecule has 0 spiro atoms. The fourth-order valence-electron chi connectivity index (χ4n) is 3.36. The van der Waals surface area contributed by atoms with Crippen LogP contribution in [-0.2, 0) is 16.0 Å². The zero-order valence-electron chi connectivity index (χ0n) is 17.5. The van der Waals surface area contributed by atoms with Crippen molar-refractivity contribution in [3.8, 4) is 5.75 Å². The van der Waals surface area contributed by atoms with Crippen molar-refractivity contribution in [2.45, 2.75) is 39.7 Å². The number of methoxy groups -OCH3 is 1. The summed E-state index contributed by atoms with van der Waals surface area (Å²) in [7, 11) is 1.36. The van der Waals surface area contributed by atoms with Crippen molar-refractivity contribution in [1.29, 1.82) is 0 Å². The first-order chi connectivity index (χ1) is 14.0. The third-order valence-electron chi connectivity index (χ3n) is 4.64. The fraction of sp³-hybridized carbons (Fsp3) is 0.304. The molecular formula is C23H23ClFNO4. The van der Waals surface area contributed by atoms with E-state index in [-0.39, 0.29) is 18.1 Å². The number of aromatic nitrogens is 1. The second kappa shape index (κ2) is 8.11. The topological polar surface area (TPSA) is 57.5 Å². The molecule has 5 nitrogen and oxygen atoms in total. The van der Waals surface area contributed by atoms with Crippen molar-refractivity contribution in [1.82, 2.24) is 4.57 Å². The van der Waals surface area contributed by atoms with Crippen LogP contribution in [0.5, 0.6) is 5.75 Å². The molecule has 3 aromatic rings. The first-order valence-corrected chi connectivity index (χ1v) is 9.79. The van der Waals surface area contributed by atoms with E-state index >= 15 is 0 Å². The SMILES string of the molecule is COc1cc2c(CC(=O)OC(C)(C)C)c(C)n(C(=O)c3ccc(Cl)cc3)c2cc1F. The van der Waals surface area contributed by atoms with Crippen LogP contribution in [-0.4, -0.2) is 29.2 Å². The third-order valence-corrected chi connectivity index (χ3v) is 4.90. The number of halogens is 2. The molecule has 0 amide bonds. The predicted molar refractivity (Wildman–Crippen MR) is 114 cm³/mol. The number of fused-ring (bicyclic) bond motifs is 1. The van der Waals surface area contributed by atoms with Crippen molar-refractivity contribution in [2.75, 3.05) is 7.11 Å². The number of nitrogens with zero attached hydrogens (tertiary/aromatic N) is 1. The van der Waals surface area contributed by atoms with Crippen LogP contribution in [0.1, 0.15) is 42.4 Å². The zero-order valence-corrected chi connectivity index (χ0v) is 18.3. The van der Waals surface area contributed by atoms with E-state index in [1.54, 1.807) is 52.0 Å². The van der Waals surface area contributed by atoms with Gasteiger partial charge in [-0.05, 0) is 63.6 Å². The minimum Gasteiger partial charge on any atom is -0.494 e. The van der Waals surface area contributed by atoms with Gasteiger partial charge in [-0.2, -0.15) is 0 Å². The second-order valence-corrected chi connectivity index (χ2v) is 8.41. The average Bonchev–Trinajstić information content (AvgIpc) is 2.90. The number of benzene rings is 2. The van der Waals surface area contributed by atoms with Crippen LogP contribution >= 0.6 is 11.6 Å². The van der Waals surface area contributed by atoms with Gasteiger partial charge in [0.2, 0.25) is 0 Å². The number of hydrogen-bond donors (Lipinski definition) is 0. The van der Waals surface area contributed by atoms with Gasteiger partial charge in [-0.1, -0.05) is 11.6 Å². The van der Waals surface area contributed by atoms with Crippen molar-refractivity contribution in [2.24, 2.45) is 0 Å². The van der Waals surface area contributed by atoms with Gasteiger partial charge in [-0.3, -0.25) is 14.2 Å². The Balaban J connectivity index is 2.18. The largest absolute Gasteiger partial charge is 0.494 e. The van der Waals surface area contributed by atoms with E-state index in [0.717, 1.165) is 0 Å². The molecule has 0 fully saturated rings. The maximum atomic E-state index is 14.5. The number of hydrogen-bond acceptors (Lipinski definition) is 4. The number of rotatable bonds is 4. The molecule has 0 bridgehead atoms. The minimum atomic E-state index is -0.647. The van der Waals surface area contributed by atoms with Gasteiger partial charge in [0.25, 0.3) is 5.91 Å². The first kappa shape index (κ1) is 21.8. The Bertz CT molecular complexity index is 1130. The van der Waals surface area contributed by atoms with Gasteiger partial charge >= 0.3 is 5.97 Å². The lowest BCUT2D eigenvalue weighted by molar-refractivity contribution is -0.153. The number of esters is 1. The van der Waals surface area contributed by atoms with Crippen LogP contribution in [0, 0.1) is 12.7 Å². The highest BCUT2D eigenvalue weighted by Crippen LogP contribution is 2.33. The molecule has 1 heterocycles. The summed E-state index contributed by atoms with van der Waals surface area (Å²) in [5.41, 5.74) is 1.21. The lowest BCUT2D eigenvalue weighted by atomic mass is 10.1. The van der Waals surface area contributed by atoms with E-state index in [9.17, 15) is 14.0 Å². The number of ether oxygens (including phenoxy) is 2. The van der Waals surface area contributed by atoms with Crippen LogP contribution in [0.3, 0.4) is 0 Å². The van der Waals surface area contributed by atoms with E-state index in [1.165, 1.54) is 23.8 Å². The summed E-state index contributed by atoms with van der Waals surface area (Å²) in [6.45, 7) is 7.06. The Morgan fingerprint density at radius 1 is 1.13 bits per heavy atom. The molecule has 158 valence electrons. The van der Waals surface area contributed by atoms with Crippen molar-refractivity contribution < 1.29 is 23.5 Å². The second-order valence-electron chi connectivity index (χ2n) is 7.98. The lowest BCUT2D eigenvalue weighted by Crippen LogP contribution is -2.25. The van der Waals surface area contributed by atoms with E-state index in [4.69, 9.17) is 21.1 Å². The molecule has 0 atom stereocenters. The number of carbonyl (C=O) groups is 2. The molecule has 2 aromatic carbocycles. The first-order valence-electron chi connectivity index (χ1n) is 9.41. The summed E-state index contributed by atoms with van der Waals surface area (Å²) in [5, 5.41) is 1.06. The molecule has 0 unspecified atom stereocenters. The summed E-state index contributed by atoms with van der Waals surface area (Å²) in [6, 6.07) is 9.17. The Kier molecular flexibility index (Phi) is 5.90. The zero-order chi connectivity index (χ0) is 22.2. The van der Waals surface area contributed by atoms with Crippen molar-refractivity contribution in [3.63, 3.8) is 0 Å². The van der Waals surface area contributed by atoms with Gasteiger partial charge in [0.15, 0.2) is 11.6 Å². The Hall–Kier alpha value is -2.86. The maximum absolute atomic E-state index is 14.5. The smallest absolute Gasteiger partial charge is 0.310 e. The molecule has 0 saturated heterocycles. The van der Waals surface area contributed by atoms with Crippen LogP contribution in [0.15, 0.2) is 36.4 Å². The van der Waals surface area contributed by atoms with Crippen LogP contribution in [0.25, 0.3) is 10.9 Å². The van der Waals surface area contributed by atoms with E-state index < -0.39 is 17.4 Å². The van der Waals surface area contributed by atoms with Crippen LogP contribution in [0.4, 0.5) is 4.39 Å². The Labute approximate surface area is 179 Å². The molecule has 0 aliphatic heterocycles. The summed E-state index contributed by atoms with van der Waals surface area (Å²) in [4.78, 5) is 25.7. The van der Waals surface area contributed by atoms with Gasteiger partial charge < -0.3 is 9.47 Å². The molecule has 1 aromatic heterocycles. The summed E-state index contributed by atoms with van der Waals surface area (Å²) < 4.78 is 26.4. The monoisotopic (exact) mass is 431 g/mol. The molecule has 0 radical (unpaired) electrons. The van der Waals surface area contributed by atoms with Gasteiger partial charge in [-0.15, -0.1) is 0 Å². The Morgan fingerprint density at radius 2 is 1.77 bits per heavy atom. The molecule has 3 rings (SSSR count). The van der Waals surface area contributed by atoms with Gasteiger partial charge in [-0.25, -0.2) is 4.39 Å². The molecule has 30 heavy (non-hydrogen) atoms. The predicted octanol–water partition coefficient (Wildman–Crippen LogP) is 5.32. The normalized spacial score (nSPS) is 11.6. The minimum absolute atomic E-state index is 0.0315. The molecule has 0 aliphatic carbocycles. The molecular weight excluding hydrogens is 409 g/mol. The highest BCUT2D eigenvalue weighted by Gasteiger charge is 2.25. The number of carbonyl (C=O) groups excluding carboxylic acids is 2. The van der Waals surface area contributed by atoms with Crippen molar-refractivity contribution >= 4 is 34.4 Å². The summed E-state index contributed by atoms with van der Waals surface area (Å²) >= 11 is 5.92. The Morgan fingerprint density at radius 3 is 2.33 bits per heavy atom. The molecule has 0 aliphatic rings. The van der Waals surface area contributed by atoms with Crippen molar-refractivity contribution in [3.05, 3.63) is 64.1 Å². The van der Waals surface area contributed by atoms with Crippen LogP contribution in [0.2, 0.25) is 5.02 Å².